The van der Waals surface area contributed by atoms with Gasteiger partial charge in [-0.2, -0.15) is 0 Å². The summed E-state index contributed by atoms with van der Waals surface area (Å²) in [7, 11) is 0. The Kier molecular flexibility index (Phi) is 8.56. The number of aromatic nitrogens is 5. The Morgan fingerprint density at radius 1 is 0.210 bits per heavy atom. The number of rotatable bonds is 7. The summed E-state index contributed by atoms with van der Waals surface area (Å²) in [6.45, 7) is 0. The fourth-order valence-corrected chi connectivity index (χ4v) is 9.38. The molecule has 0 N–H and O–H groups in total. The third kappa shape index (κ3) is 6.22. The minimum Gasteiger partial charge on any atom is -0.228 e. The molecular weight excluding hydrogens is 755 g/mol. The van der Waals surface area contributed by atoms with E-state index in [0.29, 0.717) is 23.3 Å². The molecule has 2 unspecified atom stereocenters. The Balaban J connectivity index is 0.967. The second-order valence-electron chi connectivity index (χ2n) is 16.0. The van der Waals surface area contributed by atoms with Gasteiger partial charge in [-0.05, 0) is 62.7 Å². The molecule has 0 spiro atoms. The molecule has 0 aliphatic heterocycles. The molecule has 0 radical (unpaired) electrons. The Labute approximate surface area is 360 Å². The molecule has 290 valence electrons. The normalized spacial score (nSPS) is 14.5. The molecule has 2 atom stereocenters. The van der Waals surface area contributed by atoms with Crippen LogP contribution in [0.2, 0.25) is 0 Å². The first-order valence-electron chi connectivity index (χ1n) is 21.1. The predicted molar refractivity (Wildman–Crippen MR) is 248 cm³/mol. The van der Waals surface area contributed by atoms with Crippen LogP contribution >= 0.6 is 0 Å². The van der Waals surface area contributed by atoms with Gasteiger partial charge in [0.25, 0.3) is 0 Å². The van der Waals surface area contributed by atoms with Crippen molar-refractivity contribution in [3.05, 3.63) is 246 Å². The third-order valence-corrected chi connectivity index (χ3v) is 12.3. The van der Waals surface area contributed by atoms with Gasteiger partial charge in [0.1, 0.15) is 0 Å². The topological polar surface area (TPSA) is 64.5 Å². The smallest absolute Gasteiger partial charge is 0.164 e. The number of hydrogen-bond donors (Lipinski definition) is 0. The summed E-state index contributed by atoms with van der Waals surface area (Å²) >= 11 is 0. The SMILES string of the molecule is c1ccc(-c2ccc(-c3cc(-c4ccc5c(c4)C4c6ccccc6C5c5cc(-c6nc(-c7ccccc7)nc(-c7ccccc7)n6)ccc54)nc(-c4ccccc4)n3)cc2)cc1. The summed E-state index contributed by atoms with van der Waals surface area (Å²) in [5.41, 5.74) is 18.1. The second kappa shape index (κ2) is 14.8. The zero-order valence-electron chi connectivity index (χ0n) is 33.6. The zero-order chi connectivity index (χ0) is 41.0. The first-order valence-corrected chi connectivity index (χ1v) is 21.1. The van der Waals surface area contributed by atoms with Gasteiger partial charge in [-0.15, -0.1) is 0 Å². The second-order valence-corrected chi connectivity index (χ2v) is 16.0. The summed E-state index contributed by atoms with van der Waals surface area (Å²) in [5.74, 6) is 2.80. The quantitative estimate of drug-likeness (QED) is 0.161. The van der Waals surface area contributed by atoms with Crippen LogP contribution in [-0.4, -0.2) is 24.9 Å². The van der Waals surface area contributed by atoms with E-state index in [1.165, 1.54) is 44.5 Å². The molecule has 0 amide bonds. The van der Waals surface area contributed by atoms with Crippen LogP contribution in [0.15, 0.2) is 212 Å². The summed E-state index contributed by atoms with van der Waals surface area (Å²) in [6.07, 6.45) is 0. The van der Waals surface area contributed by atoms with Crippen LogP contribution < -0.4 is 0 Å². The van der Waals surface area contributed by atoms with Crippen LogP contribution in [0.5, 0.6) is 0 Å². The van der Waals surface area contributed by atoms with Gasteiger partial charge in [-0.3, -0.25) is 0 Å². The molecule has 0 saturated heterocycles. The first kappa shape index (κ1) is 35.8. The van der Waals surface area contributed by atoms with Crippen molar-refractivity contribution in [2.75, 3.05) is 0 Å². The minimum atomic E-state index is 0.0585. The van der Waals surface area contributed by atoms with Gasteiger partial charge in [0.2, 0.25) is 0 Å². The van der Waals surface area contributed by atoms with Crippen molar-refractivity contribution >= 4 is 0 Å². The van der Waals surface area contributed by atoms with Gasteiger partial charge in [-0.25, -0.2) is 24.9 Å². The lowest BCUT2D eigenvalue weighted by Crippen LogP contribution is -2.27. The lowest BCUT2D eigenvalue weighted by Gasteiger charge is -2.42. The van der Waals surface area contributed by atoms with Crippen molar-refractivity contribution < 1.29 is 0 Å². The fraction of sp³-hybridized carbons (Fsp3) is 0.0351. The monoisotopic (exact) mass is 791 g/mol. The molecule has 5 heteroatoms. The Morgan fingerprint density at radius 3 is 1.03 bits per heavy atom. The molecular formula is C57H37N5. The van der Waals surface area contributed by atoms with E-state index in [-0.39, 0.29) is 11.8 Å². The maximum absolute atomic E-state index is 5.24. The van der Waals surface area contributed by atoms with Crippen LogP contribution in [0.4, 0.5) is 0 Å². The molecule has 8 aromatic carbocycles. The molecule has 3 aliphatic carbocycles. The molecule has 2 aromatic heterocycles. The molecule has 5 nitrogen and oxygen atoms in total. The highest BCUT2D eigenvalue weighted by Crippen LogP contribution is 2.56. The van der Waals surface area contributed by atoms with Crippen molar-refractivity contribution in [2.24, 2.45) is 0 Å². The van der Waals surface area contributed by atoms with Crippen molar-refractivity contribution in [3.8, 4) is 79.2 Å². The summed E-state index contributed by atoms with van der Waals surface area (Å²) in [4.78, 5) is 25.5. The van der Waals surface area contributed by atoms with Gasteiger partial charge in [0, 0.05) is 45.2 Å². The van der Waals surface area contributed by atoms with E-state index in [1.807, 2.05) is 60.7 Å². The van der Waals surface area contributed by atoms with Crippen LogP contribution in [0.3, 0.4) is 0 Å². The van der Waals surface area contributed by atoms with E-state index < -0.39 is 0 Å². The molecule has 2 bridgehead atoms. The Morgan fingerprint density at radius 2 is 0.532 bits per heavy atom. The van der Waals surface area contributed by atoms with Gasteiger partial charge >= 0.3 is 0 Å². The minimum absolute atomic E-state index is 0.0585. The van der Waals surface area contributed by atoms with Crippen molar-refractivity contribution in [1.82, 2.24) is 24.9 Å². The zero-order valence-corrected chi connectivity index (χ0v) is 33.6. The van der Waals surface area contributed by atoms with Crippen LogP contribution in [0.25, 0.3) is 79.2 Å². The largest absolute Gasteiger partial charge is 0.228 e. The maximum atomic E-state index is 5.24. The highest BCUT2D eigenvalue weighted by atomic mass is 15.0. The lowest BCUT2D eigenvalue weighted by molar-refractivity contribution is 0.754. The number of benzene rings is 8. The molecule has 10 aromatic rings. The summed E-state index contributed by atoms with van der Waals surface area (Å²) < 4.78 is 0. The first-order chi connectivity index (χ1) is 30.7. The van der Waals surface area contributed by atoms with Gasteiger partial charge in [-0.1, -0.05) is 194 Å². The predicted octanol–water partition coefficient (Wildman–Crippen LogP) is 13.3. The van der Waals surface area contributed by atoms with E-state index >= 15 is 0 Å². The Bertz CT molecular complexity index is 3220. The van der Waals surface area contributed by atoms with Gasteiger partial charge in [0.05, 0.1) is 11.4 Å². The van der Waals surface area contributed by atoms with Crippen LogP contribution in [0, 0.1) is 0 Å². The number of hydrogen-bond acceptors (Lipinski definition) is 5. The van der Waals surface area contributed by atoms with E-state index in [1.54, 1.807) is 0 Å². The maximum Gasteiger partial charge on any atom is 0.164 e. The molecule has 13 rings (SSSR count). The fourth-order valence-electron chi connectivity index (χ4n) is 9.38. The average molecular weight is 792 g/mol. The molecule has 0 saturated carbocycles. The van der Waals surface area contributed by atoms with E-state index in [0.717, 1.165) is 44.8 Å². The summed E-state index contributed by atoms with van der Waals surface area (Å²) in [5, 5.41) is 0. The van der Waals surface area contributed by atoms with E-state index in [2.05, 4.69) is 152 Å². The lowest BCUT2D eigenvalue weighted by atomic mass is 9.60. The van der Waals surface area contributed by atoms with Crippen molar-refractivity contribution in [1.29, 1.82) is 0 Å². The standard InChI is InChI=1S/C57H37N5/c1-5-15-36(16-6-1)37-25-27-38(28-26-37)50-35-51(59-54(58-50)39-17-7-2-8-18-39)42-29-31-46-48(33-42)52-44-23-13-14-24-45(44)53(46)49-34-43(30-32-47(49)52)57-61-55(40-19-9-3-10-20-40)60-56(62-57)41-21-11-4-12-22-41/h1-35,52-53H. The highest BCUT2D eigenvalue weighted by Gasteiger charge is 2.41. The van der Waals surface area contributed by atoms with E-state index in [4.69, 9.17) is 24.9 Å². The van der Waals surface area contributed by atoms with E-state index in [9.17, 15) is 0 Å². The molecule has 2 heterocycles. The van der Waals surface area contributed by atoms with Crippen LogP contribution in [0.1, 0.15) is 45.2 Å². The number of nitrogens with zero attached hydrogens (tertiary/aromatic N) is 5. The Hall–Kier alpha value is -8.15. The third-order valence-electron chi connectivity index (χ3n) is 12.3. The molecule has 0 fully saturated rings. The van der Waals surface area contributed by atoms with Crippen molar-refractivity contribution in [2.45, 2.75) is 11.8 Å². The summed E-state index contributed by atoms with van der Waals surface area (Å²) in [6, 6.07) is 74.6. The van der Waals surface area contributed by atoms with Gasteiger partial charge in [0.15, 0.2) is 23.3 Å². The average Bonchev–Trinajstić information content (AvgIpc) is 3.36. The highest BCUT2D eigenvalue weighted by molar-refractivity contribution is 5.78. The van der Waals surface area contributed by atoms with Gasteiger partial charge < -0.3 is 0 Å². The molecule has 62 heavy (non-hydrogen) atoms. The molecule has 3 aliphatic rings. The van der Waals surface area contributed by atoms with Crippen molar-refractivity contribution in [3.63, 3.8) is 0 Å². The van der Waals surface area contributed by atoms with Crippen LogP contribution in [-0.2, 0) is 0 Å².